The highest BCUT2D eigenvalue weighted by molar-refractivity contribution is 8.03. The summed E-state index contributed by atoms with van der Waals surface area (Å²) in [4.78, 5) is 20.3. The Morgan fingerprint density at radius 1 is 0.673 bits per heavy atom. The molecular weight excluding hydrogens is 727 g/mol. The van der Waals surface area contributed by atoms with Crippen LogP contribution < -0.4 is 0 Å². The topological polar surface area (TPSA) is 41.6 Å². The molecule has 6 aromatic carbocycles. The first-order valence-electron chi connectivity index (χ1n) is 19.0. The van der Waals surface area contributed by atoms with E-state index >= 15 is 0 Å². The standard InChI is InChI=1S/C49H31N3S3/c1-25-43(51-45-33-16-7-9-20-37(33)54-49(45)50-25)42-30(23-24-38-41(42)32-15-6-8-19-36(32)53-38)31-17-10-18-34-39-28-13-4-5-14-29(28)40-35-22-21-26-11-2-3-12-27(26)47(35)55-48(40)46(39)52-44(31)34/h2-8,10-19,21-24,41-42,52H,9,20H2,1H3/t41?,42-/m1/s1. The third-order valence-electron chi connectivity index (χ3n) is 12.3. The largest absolute Gasteiger partial charge is 0.353 e. The second-order valence-corrected chi connectivity index (χ2v) is 18.4. The molecule has 0 radical (unpaired) electrons. The molecule has 1 N–H and O–H groups in total. The second kappa shape index (κ2) is 11.3. The van der Waals surface area contributed by atoms with Gasteiger partial charge in [0, 0.05) is 59.0 Å². The molecule has 260 valence electrons. The lowest BCUT2D eigenvalue weighted by Crippen LogP contribution is -2.18. The highest BCUT2D eigenvalue weighted by Crippen LogP contribution is 2.60. The number of H-pyrrole nitrogens is 1. The van der Waals surface area contributed by atoms with E-state index in [1.54, 1.807) is 0 Å². The van der Waals surface area contributed by atoms with Crippen molar-refractivity contribution in [3.8, 4) is 0 Å². The van der Waals surface area contributed by atoms with Gasteiger partial charge in [0.25, 0.3) is 0 Å². The average Bonchev–Trinajstić information content (AvgIpc) is 4.00. The number of aromatic amines is 1. The third-order valence-corrected chi connectivity index (χ3v) is 15.9. The number of thioether (sulfide) groups is 1. The number of allylic oxidation sites excluding steroid dienone is 5. The summed E-state index contributed by atoms with van der Waals surface area (Å²) < 4.78 is 2.67. The van der Waals surface area contributed by atoms with Gasteiger partial charge < -0.3 is 4.98 Å². The van der Waals surface area contributed by atoms with E-state index < -0.39 is 0 Å². The molecule has 1 unspecified atom stereocenters. The Morgan fingerprint density at radius 2 is 1.49 bits per heavy atom. The molecule has 2 aliphatic carbocycles. The van der Waals surface area contributed by atoms with Gasteiger partial charge in [0.1, 0.15) is 10.3 Å². The number of aromatic nitrogens is 3. The van der Waals surface area contributed by atoms with Crippen molar-refractivity contribution in [2.75, 3.05) is 0 Å². The number of nitrogens with zero attached hydrogens (tertiary/aromatic N) is 2. The summed E-state index contributed by atoms with van der Waals surface area (Å²) in [5, 5.41) is 10.4. The number of thiophene rings is 2. The molecule has 4 aromatic heterocycles. The molecule has 2 atom stereocenters. The molecule has 10 aromatic rings. The van der Waals surface area contributed by atoms with Crippen molar-refractivity contribution < 1.29 is 0 Å². The van der Waals surface area contributed by atoms with E-state index in [9.17, 15) is 0 Å². The van der Waals surface area contributed by atoms with Crippen molar-refractivity contribution in [2.45, 2.75) is 36.5 Å². The van der Waals surface area contributed by atoms with Crippen LogP contribution in [0.4, 0.5) is 0 Å². The van der Waals surface area contributed by atoms with Gasteiger partial charge in [-0.25, -0.2) is 9.97 Å². The molecule has 3 aliphatic rings. The molecule has 0 fully saturated rings. The fourth-order valence-electron chi connectivity index (χ4n) is 9.90. The molecular formula is C49H31N3S3. The normalized spacial score (nSPS) is 17.8. The first-order valence-corrected chi connectivity index (χ1v) is 21.5. The van der Waals surface area contributed by atoms with Gasteiger partial charge in [-0.05, 0) is 63.4 Å². The third kappa shape index (κ3) is 4.17. The monoisotopic (exact) mass is 757 g/mol. The predicted octanol–water partition coefficient (Wildman–Crippen LogP) is 14.2. The summed E-state index contributed by atoms with van der Waals surface area (Å²) in [6.07, 6.45) is 11.5. The number of hydrogen-bond acceptors (Lipinski definition) is 5. The molecule has 0 bridgehead atoms. The van der Waals surface area contributed by atoms with Gasteiger partial charge in [-0.3, -0.25) is 0 Å². The smallest absolute Gasteiger partial charge is 0.143 e. The molecule has 1 aliphatic heterocycles. The lowest BCUT2D eigenvalue weighted by atomic mass is 9.73. The number of para-hydroxylation sites is 1. The van der Waals surface area contributed by atoms with Gasteiger partial charge in [0.15, 0.2) is 0 Å². The van der Waals surface area contributed by atoms with Gasteiger partial charge in [0.05, 0.1) is 27.1 Å². The van der Waals surface area contributed by atoms with Crippen LogP contribution in [0, 0.1) is 6.92 Å². The highest BCUT2D eigenvalue weighted by atomic mass is 32.2. The van der Waals surface area contributed by atoms with Crippen molar-refractivity contribution in [3.63, 3.8) is 0 Å². The van der Waals surface area contributed by atoms with Gasteiger partial charge in [-0.1, -0.05) is 133 Å². The zero-order valence-corrected chi connectivity index (χ0v) is 32.3. The van der Waals surface area contributed by atoms with Crippen LogP contribution in [0.1, 0.15) is 51.2 Å². The Balaban J connectivity index is 1.11. The van der Waals surface area contributed by atoms with E-state index in [0.29, 0.717) is 0 Å². The van der Waals surface area contributed by atoms with E-state index in [4.69, 9.17) is 9.97 Å². The second-order valence-electron chi connectivity index (χ2n) is 15.1. The molecule has 55 heavy (non-hydrogen) atoms. The average molecular weight is 758 g/mol. The van der Waals surface area contributed by atoms with Crippen LogP contribution in [-0.4, -0.2) is 15.0 Å². The maximum atomic E-state index is 5.65. The number of benzene rings is 6. The van der Waals surface area contributed by atoms with E-state index in [1.165, 1.54) is 100 Å². The number of aryl methyl sites for hydroxylation is 2. The lowest BCUT2D eigenvalue weighted by Gasteiger charge is -2.31. The van der Waals surface area contributed by atoms with E-state index in [0.717, 1.165) is 34.6 Å². The minimum absolute atomic E-state index is 0.000589. The van der Waals surface area contributed by atoms with Crippen molar-refractivity contribution >= 4 is 120 Å². The summed E-state index contributed by atoms with van der Waals surface area (Å²) in [5.74, 6) is 0.167. The Kier molecular flexibility index (Phi) is 6.30. The summed E-state index contributed by atoms with van der Waals surface area (Å²) in [7, 11) is 0. The maximum Gasteiger partial charge on any atom is 0.143 e. The minimum Gasteiger partial charge on any atom is -0.353 e. The SMILES string of the molecule is Cc1nc2sc3c(c2nc1[C@@H]1C(c2cccc4c2[nH]c2c5sc6c7ccccc7ccc6c5c5ccccc5c42)=CC=C2Sc4ccccc4C21)C=CCC3. The summed E-state index contributed by atoms with van der Waals surface area (Å²) in [6, 6.07) is 38.3. The van der Waals surface area contributed by atoms with Crippen molar-refractivity contribution in [1.82, 2.24) is 15.0 Å². The van der Waals surface area contributed by atoms with Crippen LogP contribution in [0.15, 0.2) is 131 Å². The first-order chi connectivity index (χ1) is 27.2. The molecule has 0 saturated carbocycles. The minimum atomic E-state index is 0.000589. The van der Waals surface area contributed by atoms with Crippen molar-refractivity contribution in [2.24, 2.45) is 0 Å². The Morgan fingerprint density at radius 3 is 2.42 bits per heavy atom. The molecule has 3 nitrogen and oxygen atoms in total. The van der Waals surface area contributed by atoms with Gasteiger partial charge >= 0.3 is 0 Å². The first kappa shape index (κ1) is 30.8. The lowest BCUT2D eigenvalue weighted by molar-refractivity contribution is 0.707. The predicted molar refractivity (Wildman–Crippen MR) is 237 cm³/mol. The Labute approximate surface area is 328 Å². The van der Waals surface area contributed by atoms with Gasteiger partial charge in [0.2, 0.25) is 0 Å². The van der Waals surface area contributed by atoms with E-state index in [-0.39, 0.29) is 11.8 Å². The zero-order valence-electron chi connectivity index (χ0n) is 29.8. The quantitative estimate of drug-likeness (QED) is 0.191. The van der Waals surface area contributed by atoms with Crippen LogP contribution in [0.25, 0.3) is 85.5 Å². The van der Waals surface area contributed by atoms with Gasteiger partial charge in [-0.15, -0.1) is 22.7 Å². The van der Waals surface area contributed by atoms with Crippen LogP contribution in [0.2, 0.25) is 0 Å². The Bertz CT molecular complexity index is 3440. The fourth-order valence-corrected chi connectivity index (χ4v) is 13.7. The number of nitrogens with one attached hydrogen (secondary N) is 1. The molecule has 0 saturated heterocycles. The van der Waals surface area contributed by atoms with Crippen molar-refractivity contribution in [3.05, 3.63) is 159 Å². The van der Waals surface area contributed by atoms with E-state index in [1.807, 2.05) is 34.4 Å². The molecule has 13 rings (SSSR count). The van der Waals surface area contributed by atoms with Crippen LogP contribution >= 0.6 is 34.4 Å². The summed E-state index contributed by atoms with van der Waals surface area (Å²) >= 11 is 5.67. The van der Waals surface area contributed by atoms with Gasteiger partial charge in [-0.2, -0.15) is 0 Å². The van der Waals surface area contributed by atoms with Crippen LogP contribution in [0.3, 0.4) is 0 Å². The van der Waals surface area contributed by atoms with Crippen LogP contribution in [0.5, 0.6) is 0 Å². The molecule has 0 spiro atoms. The molecule has 6 heteroatoms. The Hall–Kier alpha value is -5.53. The number of rotatable bonds is 2. The maximum absolute atomic E-state index is 5.65. The number of hydrogen-bond donors (Lipinski definition) is 1. The van der Waals surface area contributed by atoms with Crippen molar-refractivity contribution in [1.29, 1.82) is 0 Å². The fraction of sp³-hybridized carbons (Fsp3) is 0.102. The zero-order chi connectivity index (χ0) is 35.9. The summed E-state index contributed by atoms with van der Waals surface area (Å²) in [6.45, 7) is 2.18. The number of fused-ring (bicyclic) bond motifs is 18. The molecule has 0 amide bonds. The summed E-state index contributed by atoms with van der Waals surface area (Å²) in [5.41, 5.74) is 10.8. The molecule has 5 heterocycles. The van der Waals surface area contributed by atoms with E-state index in [2.05, 4.69) is 139 Å². The highest BCUT2D eigenvalue weighted by Gasteiger charge is 2.42. The van der Waals surface area contributed by atoms with Crippen LogP contribution in [-0.2, 0) is 6.42 Å².